The smallest absolute Gasteiger partial charge is 0.127 e. The zero-order valence-corrected chi connectivity index (χ0v) is 13.7. The molecule has 0 bridgehead atoms. The number of aliphatic hydroxyl groups excluding tert-OH is 1. The first-order valence-electron chi connectivity index (χ1n) is 7.77. The molecule has 1 aliphatic rings. The van der Waals surface area contributed by atoms with Crippen LogP contribution in [0.2, 0.25) is 0 Å². The van der Waals surface area contributed by atoms with Crippen LogP contribution in [0.1, 0.15) is 29.2 Å². The summed E-state index contributed by atoms with van der Waals surface area (Å²) in [6, 6.07) is 14.9. The van der Waals surface area contributed by atoms with E-state index in [-0.39, 0.29) is 6.73 Å². The highest BCUT2D eigenvalue weighted by Crippen LogP contribution is 2.36. The number of aryl methyl sites for hydroxylation is 1. The fourth-order valence-electron chi connectivity index (χ4n) is 2.64. The van der Waals surface area contributed by atoms with E-state index in [2.05, 4.69) is 66.6 Å². The van der Waals surface area contributed by atoms with E-state index in [1.54, 1.807) is 0 Å². The van der Waals surface area contributed by atoms with Crippen LogP contribution in [0.25, 0.3) is 5.57 Å². The average molecular weight is 312 g/mol. The number of hydrogen-bond acceptors (Lipinski definition) is 4. The molecule has 0 spiro atoms. The highest BCUT2D eigenvalue weighted by Gasteiger charge is 2.18. The number of rotatable bonds is 2. The Morgan fingerprint density at radius 2 is 1.96 bits per heavy atom. The molecule has 0 saturated heterocycles. The van der Waals surface area contributed by atoms with Gasteiger partial charge in [-0.1, -0.05) is 37.3 Å². The Hall–Kier alpha value is -2.30. The Kier molecular flexibility index (Phi) is 6.20. The van der Waals surface area contributed by atoms with Crippen molar-refractivity contribution >= 4 is 5.57 Å². The minimum atomic E-state index is -0.250. The number of aliphatic hydroxyl groups is 1. The molecular formula is C19H24N2O2. The van der Waals surface area contributed by atoms with Crippen molar-refractivity contribution in [2.45, 2.75) is 20.0 Å². The Bertz CT molecular complexity index is 681. The Morgan fingerprint density at radius 3 is 2.65 bits per heavy atom. The quantitative estimate of drug-likeness (QED) is 0.746. The number of fused-ring (bicyclic) bond motifs is 2. The molecule has 0 aromatic heterocycles. The summed E-state index contributed by atoms with van der Waals surface area (Å²) in [7, 11) is 1.94. The highest BCUT2D eigenvalue weighted by molar-refractivity contribution is 5.85. The molecule has 0 saturated carbocycles. The van der Waals surface area contributed by atoms with E-state index in [1.807, 2.05) is 7.05 Å². The molecule has 4 nitrogen and oxygen atoms in total. The van der Waals surface area contributed by atoms with Gasteiger partial charge in [0.15, 0.2) is 0 Å². The number of hydrogen-bond donors (Lipinski definition) is 3. The van der Waals surface area contributed by atoms with Crippen LogP contribution in [0.15, 0.2) is 48.7 Å². The maximum atomic E-state index is 7.35. The Morgan fingerprint density at radius 1 is 1.22 bits per heavy atom. The van der Waals surface area contributed by atoms with Gasteiger partial charge in [-0.05, 0) is 35.2 Å². The predicted molar refractivity (Wildman–Crippen MR) is 94.0 cm³/mol. The fourth-order valence-corrected chi connectivity index (χ4v) is 2.64. The van der Waals surface area contributed by atoms with Crippen LogP contribution in [0, 0.1) is 0 Å². The zero-order chi connectivity index (χ0) is 16.7. The van der Waals surface area contributed by atoms with Crippen LogP contribution in [-0.2, 0) is 13.0 Å². The van der Waals surface area contributed by atoms with Crippen LogP contribution in [0.5, 0.6) is 5.75 Å². The lowest BCUT2D eigenvalue weighted by atomic mass is 9.94. The second kappa shape index (κ2) is 8.36. The van der Waals surface area contributed by atoms with Gasteiger partial charge in [-0.3, -0.25) is 0 Å². The second-order valence-corrected chi connectivity index (χ2v) is 5.16. The summed E-state index contributed by atoms with van der Waals surface area (Å²) in [4.78, 5) is 0. The Balaban J connectivity index is 0.000000595. The van der Waals surface area contributed by atoms with Gasteiger partial charge < -0.3 is 20.9 Å². The number of nitrogens with one attached hydrogen (secondary N) is 1. The molecule has 0 fully saturated rings. The highest BCUT2D eigenvalue weighted by atomic mass is 16.5. The summed E-state index contributed by atoms with van der Waals surface area (Å²) in [6.07, 6.45) is 3.09. The van der Waals surface area contributed by atoms with Gasteiger partial charge in [0.25, 0.3) is 0 Å². The van der Waals surface area contributed by atoms with Gasteiger partial charge in [0.2, 0.25) is 0 Å². The standard InChI is InChI=1S/C18H19NO.CH5NO/c1-3-13-8-9-18-16(10-13)17(11-19-2)15-7-5-4-6-14(15)12-20-18;2-1-3/h4-11,19H,3,12H2,1-2H3;3H,1-2H2/b17-11-;. The summed E-state index contributed by atoms with van der Waals surface area (Å²) in [5.74, 6) is 0.958. The van der Waals surface area contributed by atoms with E-state index in [9.17, 15) is 0 Å². The van der Waals surface area contributed by atoms with Gasteiger partial charge >= 0.3 is 0 Å². The van der Waals surface area contributed by atoms with Gasteiger partial charge in [-0.2, -0.15) is 0 Å². The van der Waals surface area contributed by atoms with Crippen molar-refractivity contribution in [1.82, 2.24) is 5.32 Å². The molecule has 2 aromatic rings. The van der Waals surface area contributed by atoms with E-state index in [0.29, 0.717) is 6.61 Å². The molecule has 4 N–H and O–H groups in total. The summed E-state index contributed by atoms with van der Waals surface area (Å²) in [6.45, 7) is 2.55. The normalized spacial score (nSPS) is 13.8. The van der Waals surface area contributed by atoms with Crippen molar-refractivity contribution in [2.24, 2.45) is 5.73 Å². The number of benzene rings is 2. The maximum Gasteiger partial charge on any atom is 0.127 e. The van der Waals surface area contributed by atoms with E-state index in [4.69, 9.17) is 9.84 Å². The monoisotopic (exact) mass is 312 g/mol. The van der Waals surface area contributed by atoms with Gasteiger partial charge in [-0.15, -0.1) is 0 Å². The van der Waals surface area contributed by atoms with Crippen LogP contribution in [0.3, 0.4) is 0 Å². The number of ether oxygens (including phenoxy) is 1. The maximum absolute atomic E-state index is 7.35. The number of nitrogens with two attached hydrogens (primary N) is 1. The van der Waals surface area contributed by atoms with E-state index in [1.165, 1.54) is 27.8 Å². The third-order valence-corrected chi connectivity index (χ3v) is 3.72. The van der Waals surface area contributed by atoms with E-state index >= 15 is 0 Å². The second-order valence-electron chi connectivity index (χ2n) is 5.16. The van der Waals surface area contributed by atoms with Gasteiger partial charge in [0, 0.05) is 24.4 Å². The third-order valence-electron chi connectivity index (χ3n) is 3.72. The lowest BCUT2D eigenvalue weighted by Gasteiger charge is -2.11. The first-order valence-corrected chi connectivity index (χ1v) is 7.77. The molecular weight excluding hydrogens is 288 g/mol. The van der Waals surface area contributed by atoms with Crippen LogP contribution in [0.4, 0.5) is 0 Å². The van der Waals surface area contributed by atoms with Crippen LogP contribution < -0.4 is 15.8 Å². The predicted octanol–water partition coefficient (Wildman–Crippen LogP) is 2.64. The minimum absolute atomic E-state index is 0.250. The Labute approximate surface area is 137 Å². The lowest BCUT2D eigenvalue weighted by molar-refractivity contribution is 0.307. The summed E-state index contributed by atoms with van der Waals surface area (Å²) in [5.41, 5.74) is 10.6. The molecule has 3 rings (SSSR count). The molecule has 0 unspecified atom stereocenters. The van der Waals surface area contributed by atoms with Crippen LogP contribution in [-0.4, -0.2) is 18.9 Å². The average Bonchev–Trinajstić information content (AvgIpc) is 2.73. The fraction of sp³-hybridized carbons (Fsp3) is 0.263. The van der Waals surface area contributed by atoms with E-state index in [0.717, 1.165) is 12.2 Å². The third kappa shape index (κ3) is 3.92. The molecule has 0 aliphatic carbocycles. The topological polar surface area (TPSA) is 67.5 Å². The minimum Gasteiger partial charge on any atom is -0.488 e. The molecule has 2 aromatic carbocycles. The van der Waals surface area contributed by atoms with Crippen LogP contribution >= 0.6 is 0 Å². The van der Waals surface area contributed by atoms with E-state index < -0.39 is 0 Å². The first kappa shape index (κ1) is 17.1. The van der Waals surface area contributed by atoms with Crippen molar-refractivity contribution in [3.8, 4) is 5.75 Å². The summed E-state index contributed by atoms with van der Waals surface area (Å²) >= 11 is 0. The largest absolute Gasteiger partial charge is 0.488 e. The van der Waals surface area contributed by atoms with Gasteiger partial charge in [0.05, 0.1) is 6.73 Å². The van der Waals surface area contributed by atoms with Gasteiger partial charge in [-0.25, -0.2) is 0 Å². The molecule has 4 heteroatoms. The lowest BCUT2D eigenvalue weighted by Crippen LogP contribution is -1.99. The van der Waals surface area contributed by atoms with Crippen molar-refractivity contribution in [1.29, 1.82) is 0 Å². The molecule has 1 heterocycles. The molecule has 0 atom stereocenters. The molecule has 23 heavy (non-hydrogen) atoms. The molecule has 1 aliphatic heterocycles. The first-order chi connectivity index (χ1) is 11.2. The zero-order valence-electron chi connectivity index (χ0n) is 13.7. The van der Waals surface area contributed by atoms with Gasteiger partial charge in [0.1, 0.15) is 12.4 Å². The molecule has 0 amide bonds. The molecule has 122 valence electrons. The summed E-state index contributed by atoms with van der Waals surface area (Å²) in [5, 5.41) is 10.5. The van der Waals surface area contributed by atoms with Crippen molar-refractivity contribution in [3.05, 3.63) is 70.9 Å². The van der Waals surface area contributed by atoms with Crippen molar-refractivity contribution in [3.63, 3.8) is 0 Å². The SMILES string of the molecule is CCc1ccc2c(c1)/C(=C\NC)c1ccccc1CO2.NCO. The molecule has 0 radical (unpaired) electrons. The summed E-state index contributed by atoms with van der Waals surface area (Å²) < 4.78 is 5.98. The van der Waals surface area contributed by atoms with Crippen molar-refractivity contribution in [2.75, 3.05) is 13.8 Å². The van der Waals surface area contributed by atoms with Crippen molar-refractivity contribution < 1.29 is 9.84 Å².